The first-order valence-corrected chi connectivity index (χ1v) is 5.48. The van der Waals surface area contributed by atoms with Crippen molar-refractivity contribution in [2.45, 2.75) is 18.9 Å². The standard InChI is InChI=1S/C12H13F2NO2/c13-9-3-8(4-10(14)5-9)12(17)15-6-11(16)7-1-2-7/h3-5,7,11,16H,1-2,6H2,(H,15,17). The third-order valence-electron chi connectivity index (χ3n) is 2.76. The van der Waals surface area contributed by atoms with E-state index in [-0.39, 0.29) is 18.0 Å². The van der Waals surface area contributed by atoms with E-state index >= 15 is 0 Å². The summed E-state index contributed by atoms with van der Waals surface area (Å²) in [6, 6.07) is 2.62. The van der Waals surface area contributed by atoms with Crippen molar-refractivity contribution in [2.24, 2.45) is 5.92 Å². The lowest BCUT2D eigenvalue weighted by Crippen LogP contribution is -2.33. The van der Waals surface area contributed by atoms with Crippen molar-refractivity contribution in [3.05, 3.63) is 35.4 Å². The number of aliphatic hydroxyl groups excluding tert-OH is 1. The number of hydrogen-bond acceptors (Lipinski definition) is 2. The third-order valence-corrected chi connectivity index (χ3v) is 2.76. The minimum absolute atomic E-state index is 0.0782. The Kier molecular flexibility index (Phi) is 3.38. The summed E-state index contributed by atoms with van der Waals surface area (Å²) in [6.07, 6.45) is 1.36. The van der Waals surface area contributed by atoms with Crippen molar-refractivity contribution in [1.29, 1.82) is 0 Å². The maximum absolute atomic E-state index is 12.9. The van der Waals surface area contributed by atoms with E-state index < -0.39 is 23.6 Å². The average Bonchev–Trinajstić information content (AvgIpc) is 3.07. The molecule has 1 aromatic carbocycles. The van der Waals surface area contributed by atoms with Gasteiger partial charge in [0.2, 0.25) is 0 Å². The lowest BCUT2D eigenvalue weighted by Gasteiger charge is -2.10. The molecule has 1 aromatic rings. The van der Waals surface area contributed by atoms with Crippen LogP contribution in [0.4, 0.5) is 8.78 Å². The van der Waals surface area contributed by atoms with Gasteiger partial charge in [-0.15, -0.1) is 0 Å². The molecular formula is C12H13F2NO2. The molecule has 0 saturated heterocycles. The summed E-state index contributed by atoms with van der Waals surface area (Å²) >= 11 is 0. The summed E-state index contributed by atoms with van der Waals surface area (Å²) in [6.45, 7) is 0.113. The smallest absolute Gasteiger partial charge is 0.251 e. The quantitative estimate of drug-likeness (QED) is 0.838. The Balaban J connectivity index is 1.94. The number of nitrogens with one attached hydrogen (secondary N) is 1. The molecule has 92 valence electrons. The molecule has 1 unspecified atom stereocenters. The highest BCUT2D eigenvalue weighted by molar-refractivity contribution is 5.94. The van der Waals surface area contributed by atoms with Gasteiger partial charge in [0.1, 0.15) is 11.6 Å². The molecule has 2 N–H and O–H groups in total. The predicted molar refractivity (Wildman–Crippen MR) is 57.4 cm³/mol. The van der Waals surface area contributed by atoms with Crippen molar-refractivity contribution in [2.75, 3.05) is 6.54 Å². The zero-order valence-corrected chi connectivity index (χ0v) is 9.12. The van der Waals surface area contributed by atoms with Crippen molar-refractivity contribution in [3.63, 3.8) is 0 Å². The fraction of sp³-hybridized carbons (Fsp3) is 0.417. The lowest BCUT2D eigenvalue weighted by molar-refractivity contribution is 0.0900. The van der Waals surface area contributed by atoms with Crippen LogP contribution in [0.2, 0.25) is 0 Å². The molecule has 1 aliphatic rings. The maximum atomic E-state index is 12.9. The molecule has 0 radical (unpaired) electrons. The molecule has 1 saturated carbocycles. The first kappa shape index (κ1) is 12.0. The summed E-state index contributed by atoms with van der Waals surface area (Å²) in [5.74, 6) is -1.92. The molecular weight excluding hydrogens is 228 g/mol. The molecule has 17 heavy (non-hydrogen) atoms. The van der Waals surface area contributed by atoms with Crippen molar-refractivity contribution >= 4 is 5.91 Å². The van der Waals surface area contributed by atoms with Crippen LogP contribution in [-0.4, -0.2) is 23.7 Å². The van der Waals surface area contributed by atoms with Gasteiger partial charge >= 0.3 is 0 Å². The number of rotatable bonds is 4. The van der Waals surface area contributed by atoms with Crippen molar-refractivity contribution in [1.82, 2.24) is 5.32 Å². The number of aliphatic hydroxyl groups is 1. The van der Waals surface area contributed by atoms with Gasteiger partial charge in [0.05, 0.1) is 6.10 Å². The van der Waals surface area contributed by atoms with Crippen LogP contribution >= 0.6 is 0 Å². The van der Waals surface area contributed by atoms with E-state index in [4.69, 9.17) is 0 Å². The van der Waals surface area contributed by atoms with Gasteiger partial charge in [-0.3, -0.25) is 4.79 Å². The van der Waals surface area contributed by atoms with E-state index in [1.54, 1.807) is 0 Å². The molecule has 1 amide bonds. The molecule has 1 atom stereocenters. The van der Waals surface area contributed by atoms with Crippen LogP contribution in [0.3, 0.4) is 0 Å². The van der Waals surface area contributed by atoms with Gasteiger partial charge in [0.15, 0.2) is 0 Å². The van der Waals surface area contributed by atoms with Gasteiger partial charge in [-0.05, 0) is 30.9 Å². The summed E-state index contributed by atoms with van der Waals surface area (Å²) in [5.41, 5.74) is -0.0782. The van der Waals surface area contributed by atoms with Crippen LogP contribution in [-0.2, 0) is 0 Å². The third kappa shape index (κ3) is 3.23. The average molecular weight is 241 g/mol. The molecule has 3 nitrogen and oxygen atoms in total. The molecule has 0 bridgehead atoms. The molecule has 0 spiro atoms. The SMILES string of the molecule is O=C(NCC(O)C1CC1)c1cc(F)cc(F)c1. The monoisotopic (exact) mass is 241 g/mol. The number of carbonyl (C=O) groups excluding carboxylic acids is 1. The van der Waals surface area contributed by atoms with Gasteiger partial charge in [-0.1, -0.05) is 0 Å². The van der Waals surface area contributed by atoms with Crippen LogP contribution in [0, 0.1) is 17.6 Å². The second-order valence-corrected chi connectivity index (χ2v) is 4.27. The molecule has 1 aliphatic carbocycles. The Morgan fingerprint density at radius 1 is 1.35 bits per heavy atom. The lowest BCUT2D eigenvalue weighted by atomic mass is 10.2. The Morgan fingerprint density at radius 3 is 2.47 bits per heavy atom. The Hall–Kier alpha value is -1.49. The zero-order chi connectivity index (χ0) is 12.4. The van der Waals surface area contributed by atoms with E-state index in [9.17, 15) is 18.7 Å². The van der Waals surface area contributed by atoms with E-state index in [2.05, 4.69) is 5.32 Å². The van der Waals surface area contributed by atoms with Crippen LogP contribution in [0.25, 0.3) is 0 Å². The Labute approximate surface area is 97.5 Å². The summed E-state index contributed by atoms with van der Waals surface area (Å²) in [4.78, 5) is 11.5. The number of benzene rings is 1. The van der Waals surface area contributed by atoms with E-state index in [1.165, 1.54) is 0 Å². The maximum Gasteiger partial charge on any atom is 0.251 e. The summed E-state index contributed by atoms with van der Waals surface area (Å²) < 4.78 is 25.7. The Morgan fingerprint density at radius 2 is 1.94 bits per heavy atom. The van der Waals surface area contributed by atoms with Crippen LogP contribution in [0.15, 0.2) is 18.2 Å². The molecule has 0 aliphatic heterocycles. The number of amides is 1. The van der Waals surface area contributed by atoms with Crippen LogP contribution in [0.1, 0.15) is 23.2 Å². The topological polar surface area (TPSA) is 49.3 Å². The zero-order valence-electron chi connectivity index (χ0n) is 9.12. The first-order chi connectivity index (χ1) is 8.06. The highest BCUT2D eigenvalue weighted by Gasteiger charge is 2.29. The first-order valence-electron chi connectivity index (χ1n) is 5.48. The van der Waals surface area contributed by atoms with Gasteiger partial charge in [0.25, 0.3) is 5.91 Å². The molecule has 2 rings (SSSR count). The predicted octanol–water partition coefficient (Wildman–Crippen LogP) is 1.47. The highest BCUT2D eigenvalue weighted by atomic mass is 19.1. The van der Waals surface area contributed by atoms with Crippen molar-refractivity contribution < 1.29 is 18.7 Å². The number of carbonyl (C=O) groups is 1. The molecule has 1 fully saturated rings. The molecule has 5 heteroatoms. The Bertz CT molecular complexity index is 412. The summed E-state index contributed by atoms with van der Waals surface area (Å²) in [7, 11) is 0. The van der Waals surface area contributed by atoms with E-state index in [1.807, 2.05) is 0 Å². The molecule has 0 heterocycles. The minimum atomic E-state index is -0.794. The fourth-order valence-corrected chi connectivity index (χ4v) is 1.63. The van der Waals surface area contributed by atoms with Gasteiger partial charge < -0.3 is 10.4 Å². The highest BCUT2D eigenvalue weighted by Crippen LogP contribution is 2.32. The number of halogens is 2. The fourth-order valence-electron chi connectivity index (χ4n) is 1.63. The van der Waals surface area contributed by atoms with Crippen molar-refractivity contribution in [3.8, 4) is 0 Å². The normalized spacial score (nSPS) is 16.6. The second kappa shape index (κ2) is 4.79. The minimum Gasteiger partial charge on any atom is -0.391 e. The summed E-state index contributed by atoms with van der Waals surface area (Å²) in [5, 5.41) is 12.0. The molecule has 0 aromatic heterocycles. The second-order valence-electron chi connectivity index (χ2n) is 4.27. The van der Waals surface area contributed by atoms with Crippen LogP contribution in [0.5, 0.6) is 0 Å². The van der Waals surface area contributed by atoms with Gasteiger partial charge in [0, 0.05) is 18.2 Å². The number of hydrogen-bond donors (Lipinski definition) is 2. The van der Waals surface area contributed by atoms with E-state index in [0.29, 0.717) is 6.07 Å². The largest absolute Gasteiger partial charge is 0.391 e. The van der Waals surface area contributed by atoms with Gasteiger partial charge in [-0.2, -0.15) is 0 Å². The van der Waals surface area contributed by atoms with Gasteiger partial charge in [-0.25, -0.2) is 8.78 Å². The van der Waals surface area contributed by atoms with Crippen LogP contribution < -0.4 is 5.32 Å². The van der Waals surface area contributed by atoms with E-state index in [0.717, 1.165) is 25.0 Å².